The van der Waals surface area contributed by atoms with Gasteiger partial charge in [-0.1, -0.05) is 83.9 Å². The largest absolute Gasteiger partial charge is 0.399 e. The monoisotopic (exact) mass is 672 g/mol. The van der Waals surface area contributed by atoms with Gasteiger partial charge in [0.15, 0.2) is 0 Å². The summed E-state index contributed by atoms with van der Waals surface area (Å²) in [7, 11) is 0. The van der Waals surface area contributed by atoms with E-state index in [0.717, 1.165) is 89.4 Å². The maximum atomic E-state index is 6.16. The zero-order chi connectivity index (χ0) is 35.3. The third-order valence-electron chi connectivity index (χ3n) is 9.83. The Hall–Kier alpha value is -6.92. The van der Waals surface area contributed by atoms with Crippen molar-refractivity contribution in [3.63, 3.8) is 0 Å². The number of aromatic nitrogens is 4. The van der Waals surface area contributed by atoms with Crippen LogP contribution in [0.3, 0.4) is 0 Å². The molecule has 250 valence electrons. The van der Waals surface area contributed by atoms with E-state index in [9.17, 15) is 0 Å². The molecule has 0 aliphatic carbocycles. The van der Waals surface area contributed by atoms with Crippen molar-refractivity contribution in [2.24, 2.45) is 0 Å². The molecule has 9 rings (SSSR count). The van der Waals surface area contributed by atoms with Gasteiger partial charge < -0.3 is 21.4 Å². The summed E-state index contributed by atoms with van der Waals surface area (Å²) in [6, 6.07) is 41.8. The number of rotatable bonds is 4. The second-order valence-corrected chi connectivity index (χ2v) is 13.5. The molecule has 4 aromatic carbocycles. The Morgan fingerprint density at radius 1 is 0.346 bits per heavy atom. The van der Waals surface area contributed by atoms with Gasteiger partial charge in [-0.05, 0) is 109 Å². The summed E-state index contributed by atoms with van der Waals surface area (Å²) in [5, 5.41) is 0. The van der Waals surface area contributed by atoms with Crippen LogP contribution in [-0.4, -0.2) is 19.9 Å². The van der Waals surface area contributed by atoms with Crippen LogP contribution in [0.25, 0.3) is 90.9 Å². The Balaban J connectivity index is 1.47. The van der Waals surface area contributed by atoms with Crippen molar-refractivity contribution in [3.05, 3.63) is 155 Å². The Labute approximate surface area is 301 Å². The summed E-state index contributed by atoms with van der Waals surface area (Å²) in [6.45, 7) is 4.21. The van der Waals surface area contributed by atoms with Crippen LogP contribution in [0.4, 0.5) is 11.4 Å². The highest BCUT2D eigenvalue weighted by Gasteiger charge is 2.19. The lowest BCUT2D eigenvalue weighted by Crippen LogP contribution is -1.90. The van der Waals surface area contributed by atoms with E-state index in [-0.39, 0.29) is 0 Å². The van der Waals surface area contributed by atoms with E-state index in [2.05, 4.69) is 145 Å². The Morgan fingerprint density at radius 3 is 0.865 bits per heavy atom. The van der Waals surface area contributed by atoms with Crippen molar-refractivity contribution in [1.82, 2.24) is 19.9 Å². The zero-order valence-corrected chi connectivity index (χ0v) is 28.9. The van der Waals surface area contributed by atoms with Crippen LogP contribution in [0.15, 0.2) is 121 Å². The molecule has 5 heterocycles. The van der Waals surface area contributed by atoms with E-state index < -0.39 is 0 Å². The van der Waals surface area contributed by atoms with E-state index in [1.807, 2.05) is 24.3 Å². The molecule has 2 aliphatic heterocycles. The average molecular weight is 673 g/mol. The third kappa shape index (κ3) is 5.56. The summed E-state index contributed by atoms with van der Waals surface area (Å²) < 4.78 is 0. The van der Waals surface area contributed by atoms with Gasteiger partial charge in [-0.25, -0.2) is 9.97 Å². The highest BCUT2D eigenvalue weighted by molar-refractivity contribution is 6.00. The van der Waals surface area contributed by atoms with Gasteiger partial charge in [-0.2, -0.15) is 0 Å². The summed E-state index contributed by atoms with van der Waals surface area (Å²) in [5.41, 5.74) is 31.6. The van der Waals surface area contributed by atoms with E-state index in [1.54, 1.807) is 0 Å². The summed E-state index contributed by atoms with van der Waals surface area (Å²) in [5.74, 6) is 0. The summed E-state index contributed by atoms with van der Waals surface area (Å²) >= 11 is 0. The molecule has 0 radical (unpaired) electrons. The van der Waals surface area contributed by atoms with Crippen LogP contribution in [0.1, 0.15) is 33.9 Å². The molecule has 0 amide bonds. The van der Waals surface area contributed by atoms with Gasteiger partial charge in [0.05, 0.1) is 22.8 Å². The van der Waals surface area contributed by atoms with Crippen molar-refractivity contribution in [3.8, 4) is 44.5 Å². The Morgan fingerprint density at radius 2 is 0.596 bits per heavy atom. The first kappa shape index (κ1) is 31.1. The van der Waals surface area contributed by atoms with Gasteiger partial charge in [0.1, 0.15) is 0 Å². The van der Waals surface area contributed by atoms with Crippen LogP contribution in [0.2, 0.25) is 0 Å². The number of nitrogens with zero attached hydrogens (tertiary/aromatic N) is 2. The fourth-order valence-electron chi connectivity index (χ4n) is 7.16. The smallest absolute Gasteiger partial charge is 0.0737 e. The second-order valence-electron chi connectivity index (χ2n) is 13.5. The van der Waals surface area contributed by atoms with Crippen LogP contribution in [0, 0.1) is 13.8 Å². The van der Waals surface area contributed by atoms with Gasteiger partial charge in [0, 0.05) is 55.7 Å². The van der Waals surface area contributed by atoms with Crippen LogP contribution < -0.4 is 11.5 Å². The first-order chi connectivity index (χ1) is 25.4. The molecule has 52 heavy (non-hydrogen) atoms. The molecule has 6 heteroatoms. The molecule has 0 saturated carbocycles. The lowest BCUT2D eigenvalue weighted by molar-refractivity contribution is 1.31. The van der Waals surface area contributed by atoms with Crippen molar-refractivity contribution in [2.45, 2.75) is 13.8 Å². The standard InChI is InChI=1S/C46H36N6/c1-27-3-7-29(8-4-27)43-35-19-23-39(49-35)45(31-11-15-33(47)16-12-31)41-25-21-37(51-41)44(30-9-5-28(2)6-10-30)38-22-26-42(52-38)46(40-24-20-36(43)50-40)32-13-17-34(48)18-14-32/h3-26,49,52H,47-48H2,1-2H3. The predicted molar refractivity (Wildman–Crippen MR) is 219 cm³/mol. The van der Waals surface area contributed by atoms with Gasteiger partial charge in [-0.3, -0.25) is 0 Å². The summed E-state index contributed by atoms with van der Waals surface area (Å²) in [4.78, 5) is 18.3. The lowest BCUT2D eigenvalue weighted by Gasteiger charge is -2.07. The van der Waals surface area contributed by atoms with Crippen molar-refractivity contribution < 1.29 is 0 Å². The van der Waals surface area contributed by atoms with Gasteiger partial charge in [0.25, 0.3) is 0 Å². The summed E-state index contributed by atoms with van der Waals surface area (Å²) in [6.07, 6.45) is 8.45. The van der Waals surface area contributed by atoms with Crippen LogP contribution in [0.5, 0.6) is 0 Å². The number of H-pyrrole nitrogens is 2. The van der Waals surface area contributed by atoms with Gasteiger partial charge >= 0.3 is 0 Å². The minimum atomic E-state index is 0.710. The van der Waals surface area contributed by atoms with E-state index in [4.69, 9.17) is 21.4 Å². The number of anilines is 2. The minimum absolute atomic E-state index is 0.710. The number of nitrogens with one attached hydrogen (secondary N) is 2. The minimum Gasteiger partial charge on any atom is -0.399 e. The predicted octanol–water partition coefficient (Wildman–Crippen LogP) is 11.1. The van der Waals surface area contributed by atoms with Gasteiger partial charge in [0.2, 0.25) is 0 Å². The molecule has 0 atom stereocenters. The fraction of sp³-hybridized carbons (Fsp3) is 0.0435. The first-order valence-electron chi connectivity index (χ1n) is 17.4. The molecule has 6 nitrogen and oxygen atoms in total. The quantitative estimate of drug-likeness (QED) is 0.139. The molecular weight excluding hydrogens is 637 g/mol. The number of fused-ring (bicyclic) bond motifs is 8. The van der Waals surface area contributed by atoms with E-state index >= 15 is 0 Å². The molecule has 0 unspecified atom stereocenters. The molecular formula is C46H36N6. The molecule has 6 N–H and O–H groups in total. The highest BCUT2D eigenvalue weighted by atomic mass is 14.8. The number of aromatic amines is 2. The second kappa shape index (κ2) is 12.4. The van der Waals surface area contributed by atoms with Crippen molar-refractivity contribution in [1.29, 1.82) is 0 Å². The maximum Gasteiger partial charge on any atom is 0.0737 e. The van der Waals surface area contributed by atoms with E-state index in [0.29, 0.717) is 11.4 Å². The number of aryl methyl sites for hydroxylation is 2. The van der Waals surface area contributed by atoms with Crippen molar-refractivity contribution in [2.75, 3.05) is 11.5 Å². The SMILES string of the molecule is Cc1ccc(-c2c3nc(c(-c4ccc(N)cc4)c4ccc([nH]4)c(-c4ccc(C)cc4)c4nc(c(-c5ccc(N)cc5)c5ccc2[nH]5)C=C4)C=C3)cc1. The van der Waals surface area contributed by atoms with Crippen LogP contribution in [-0.2, 0) is 0 Å². The molecule has 7 aromatic rings. The topological polar surface area (TPSA) is 109 Å². The molecule has 0 spiro atoms. The fourth-order valence-corrected chi connectivity index (χ4v) is 7.16. The molecule has 0 saturated heterocycles. The molecule has 2 aliphatic rings. The number of nitrogens with two attached hydrogens (primary N) is 2. The highest BCUT2D eigenvalue weighted by Crippen LogP contribution is 2.38. The Bertz CT molecular complexity index is 2350. The molecule has 0 fully saturated rings. The zero-order valence-electron chi connectivity index (χ0n) is 28.9. The average Bonchev–Trinajstić information content (AvgIpc) is 3.99. The Kier molecular flexibility index (Phi) is 7.44. The number of hydrogen-bond donors (Lipinski definition) is 4. The number of benzene rings is 4. The number of hydrogen-bond acceptors (Lipinski definition) is 4. The molecule has 8 bridgehead atoms. The van der Waals surface area contributed by atoms with Crippen LogP contribution >= 0.6 is 0 Å². The maximum absolute atomic E-state index is 6.16. The normalized spacial score (nSPS) is 12.0. The molecule has 3 aromatic heterocycles. The van der Waals surface area contributed by atoms with Crippen molar-refractivity contribution >= 4 is 57.7 Å². The van der Waals surface area contributed by atoms with Gasteiger partial charge in [-0.15, -0.1) is 0 Å². The first-order valence-corrected chi connectivity index (χ1v) is 17.4. The lowest BCUT2D eigenvalue weighted by atomic mass is 10.0. The third-order valence-corrected chi connectivity index (χ3v) is 9.83. The number of nitrogen functional groups attached to an aromatic ring is 2. The van der Waals surface area contributed by atoms with E-state index in [1.165, 1.54) is 11.1 Å².